The largest absolute Gasteiger partial charge is 0.348 e. The summed E-state index contributed by atoms with van der Waals surface area (Å²) in [5.41, 5.74) is 0.950. The number of nitrogens with one attached hydrogen (secondary N) is 1. The van der Waals surface area contributed by atoms with E-state index in [9.17, 15) is 4.79 Å². The molecule has 7 heteroatoms. The lowest BCUT2D eigenvalue weighted by Crippen LogP contribution is -2.26. The average Bonchev–Trinajstić information content (AvgIpc) is 3.25. The van der Waals surface area contributed by atoms with Gasteiger partial charge in [0.25, 0.3) is 0 Å². The van der Waals surface area contributed by atoms with Gasteiger partial charge in [0.05, 0.1) is 0 Å². The topological polar surface area (TPSA) is 61.9 Å². The summed E-state index contributed by atoms with van der Waals surface area (Å²) in [5.74, 6) is 0.833. The summed E-state index contributed by atoms with van der Waals surface area (Å²) < 4.78 is 0. The lowest BCUT2D eigenvalue weighted by atomic mass is 10.1. The van der Waals surface area contributed by atoms with E-state index in [0.717, 1.165) is 17.8 Å². The maximum atomic E-state index is 12.6. The van der Waals surface area contributed by atoms with Crippen molar-refractivity contribution in [3.05, 3.63) is 64.1 Å². The summed E-state index contributed by atoms with van der Waals surface area (Å²) in [6.07, 6.45) is 0.725. The number of hydrogen-bond acceptors (Lipinski definition) is 5. The molecular formula is C17H18N4OS2. The molecule has 3 rings (SSSR count). The van der Waals surface area contributed by atoms with Gasteiger partial charge >= 0.3 is 0 Å². The monoisotopic (exact) mass is 358 g/mol. The van der Waals surface area contributed by atoms with Crippen molar-refractivity contribution in [3.63, 3.8) is 0 Å². The van der Waals surface area contributed by atoms with Gasteiger partial charge in [-0.1, -0.05) is 48.2 Å². The molecule has 0 fully saturated rings. The zero-order valence-corrected chi connectivity index (χ0v) is 15.1. The van der Waals surface area contributed by atoms with Gasteiger partial charge in [0.1, 0.15) is 11.1 Å². The van der Waals surface area contributed by atoms with Crippen LogP contribution >= 0.6 is 23.1 Å². The first-order valence-corrected chi connectivity index (χ1v) is 9.26. The van der Waals surface area contributed by atoms with Crippen molar-refractivity contribution in [2.24, 2.45) is 0 Å². The van der Waals surface area contributed by atoms with Crippen LogP contribution in [-0.4, -0.2) is 40.1 Å². The number of aromatic nitrogens is 3. The number of amides is 1. The third kappa shape index (κ3) is 4.04. The number of benzene rings is 1. The van der Waals surface area contributed by atoms with Gasteiger partial charge in [0.15, 0.2) is 0 Å². The molecule has 0 radical (unpaired) electrons. The number of hydrogen-bond donors (Lipinski definition) is 1. The fourth-order valence-electron chi connectivity index (χ4n) is 2.22. The van der Waals surface area contributed by atoms with Crippen LogP contribution in [0.15, 0.2) is 53.0 Å². The molecule has 2 heterocycles. The lowest BCUT2D eigenvalue weighted by molar-refractivity contribution is -0.128. The van der Waals surface area contributed by atoms with Gasteiger partial charge in [-0.2, -0.15) is 0 Å². The first-order valence-electron chi connectivity index (χ1n) is 7.50. The van der Waals surface area contributed by atoms with Gasteiger partial charge in [-0.25, -0.2) is 4.98 Å². The SMILES string of the molecule is CN(C)C(=O)C(Sc1n[nH]c(Cc2cccs2)n1)c1ccccc1. The molecule has 1 unspecified atom stereocenters. The third-order valence-corrected chi connectivity index (χ3v) is 5.40. The van der Waals surface area contributed by atoms with Crippen molar-refractivity contribution in [1.29, 1.82) is 0 Å². The van der Waals surface area contributed by atoms with Crippen LogP contribution in [0.1, 0.15) is 21.5 Å². The van der Waals surface area contributed by atoms with E-state index >= 15 is 0 Å². The van der Waals surface area contributed by atoms with E-state index in [1.165, 1.54) is 16.6 Å². The Kier molecular flexibility index (Phi) is 5.32. The van der Waals surface area contributed by atoms with Gasteiger partial charge < -0.3 is 4.90 Å². The molecule has 124 valence electrons. The highest BCUT2D eigenvalue weighted by Gasteiger charge is 2.25. The molecule has 0 saturated carbocycles. The average molecular weight is 358 g/mol. The number of thiophene rings is 1. The van der Waals surface area contributed by atoms with Gasteiger partial charge in [-0.15, -0.1) is 16.4 Å². The standard InChI is InChI=1S/C17H18N4OS2/c1-21(2)16(22)15(12-7-4-3-5-8-12)24-17-18-14(19-20-17)11-13-9-6-10-23-13/h3-10,15H,11H2,1-2H3,(H,18,19,20). The van der Waals surface area contributed by atoms with Crippen molar-refractivity contribution >= 4 is 29.0 Å². The van der Waals surface area contributed by atoms with E-state index in [1.807, 2.05) is 41.8 Å². The van der Waals surface area contributed by atoms with E-state index in [4.69, 9.17) is 0 Å². The zero-order chi connectivity index (χ0) is 16.9. The number of H-pyrrole nitrogens is 1. The highest BCUT2D eigenvalue weighted by atomic mass is 32.2. The number of thioether (sulfide) groups is 1. The predicted molar refractivity (Wildman–Crippen MR) is 97.2 cm³/mol. The number of aromatic amines is 1. The summed E-state index contributed by atoms with van der Waals surface area (Å²) in [4.78, 5) is 19.9. The number of carbonyl (C=O) groups is 1. The van der Waals surface area contributed by atoms with Crippen LogP contribution in [0, 0.1) is 0 Å². The Morgan fingerprint density at radius 1 is 1.25 bits per heavy atom. The molecular weight excluding hydrogens is 340 g/mol. The molecule has 3 aromatic rings. The zero-order valence-electron chi connectivity index (χ0n) is 13.5. The highest BCUT2D eigenvalue weighted by Crippen LogP contribution is 2.34. The molecule has 24 heavy (non-hydrogen) atoms. The van der Waals surface area contributed by atoms with Crippen molar-refractivity contribution in [1.82, 2.24) is 20.1 Å². The number of likely N-dealkylation sites (N-methyl/N-ethyl adjacent to an activating group) is 1. The molecule has 0 saturated heterocycles. The van der Waals surface area contributed by atoms with Gasteiger partial charge in [-0.3, -0.25) is 9.89 Å². The van der Waals surface area contributed by atoms with Gasteiger partial charge in [-0.05, 0) is 17.0 Å². The summed E-state index contributed by atoms with van der Waals surface area (Å²) in [6.45, 7) is 0. The lowest BCUT2D eigenvalue weighted by Gasteiger charge is -2.19. The van der Waals surface area contributed by atoms with E-state index in [0.29, 0.717) is 5.16 Å². The van der Waals surface area contributed by atoms with Gasteiger partial charge in [0.2, 0.25) is 11.1 Å². The van der Waals surface area contributed by atoms with Gasteiger partial charge in [0, 0.05) is 25.4 Å². The van der Waals surface area contributed by atoms with Crippen LogP contribution in [0.3, 0.4) is 0 Å². The molecule has 5 nitrogen and oxygen atoms in total. The van der Waals surface area contributed by atoms with E-state index in [2.05, 4.69) is 21.2 Å². The first-order chi connectivity index (χ1) is 11.6. The normalized spacial score (nSPS) is 12.1. The molecule has 1 atom stereocenters. The predicted octanol–water partition coefficient (Wildman–Crippen LogP) is 3.38. The molecule has 0 spiro atoms. The van der Waals surface area contributed by atoms with Crippen LogP contribution < -0.4 is 0 Å². The van der Waals surface area contributed by atoms with Crippen molar-refractivity contribution < 1.29 is 4.79 Å². The van der Waals surface area contributed by atoms with Crippen LogP contribution in [0.2, 0.25) is 0 Å². The molecule has 2 aromatic heterocycles. The quantitative estimate of drug-likeness (QED) is 0.686. The number of nitrogens with zero attached hydrogens (tertiary/aromatic N) is 3. The fraction of sp³-hybridized carbons (Fsp3) is 0.235. The Morgan fingerprint density at radius 3 is 2.71 bits per heavy atom. The van der Waals surface area contributed by atoms with Crippen LogP contribution in [0.5, 0.6) is 0 Å². The maximum absolute atomic E-state index is 12.6. The van der Waals surface area contributed by atoms with E-state index in [1.54, 1.807) is 30.3 Å². The minimum absolute atomic E-state index is 0.0239. The minimum Gasteiger partial charge on any atom is -0.348 e. The summed E-state index contributed by atoms with van der Waals surface area (Å²) in [5, 5.41) is 9.51. The first kappa shape index (κ1) is 16.7. The third-order valence-electron chi connectivity index (χ3n) is 3.42. The Balaban J connectivity index is 1.78. The molecule has 0 aliphatic rings. The molecule has 0 bridgehead atoms. The summed E-state index contributed by atoms with van der Waals surface area (Å²) >= 11 is 3.06. The second-order valence-electron chi connectivity index (χ2n) is 5.46. The van der Waals surface area contributed by atoms with Crippen LogP contribution in [-0.2, 0) is 11.2 Å². The second-order valence-corrected chi connectivity index (χ2v) is 7.57. The van der Waals surface area contributed by atoms with Crippen molar-refractivity contribution in [2.45, 2.75) is 16.8 Å². The summed E-state index contributed by atoms with van der Waals surface area (Å²) in [6, 6.07) is 13.8. The van der Waals surface area contributed by atoms with E-state index < -0.39 is 0 Å². The Morgan fingerprint density at radius 2 is 2.04 bits per heavy atom. The smallest absolute Gasteiger partial charge is 0.240 e. The Hall–Kier alpha value is -2.12. The Labute approximate surface area is 149 Å². The Bertz CT molecular complexity index is 784. The van der Waals surface area contributed by atoms with Crippen molar-refractivity contribution in [2.75, 3.05) is 14.1 Å². The highest BCUT2D eigenvalue weighted by molar-refractivity contribution is 8.00. The minimum atomic E-state index is -0.355. The fourth-order valence-corrected chi connectivity index (χ4v) is 4.00. The summed E-state index contributed by atoms with van der Waals surface area (Å²) in [7, 11) is 3.53. The van der Waals surface area contributed by atoms with Crippen LogP contribution in [0.25, 0.3) is 0 Å². The second kappa shape index (κ2) is 7.63. The molecule has 1 N–H and O–H groups in total. The molecule has 1 amide bonds. The van der Waals surface area contributed by atoms with E-state index in [-0.39, 0.29) is 11.2 Å². The molecule has 0 aliphatic heterocycles. The number of rotatable bonds is 6. The van der Waals surface area contributed by atoms with Crippen molar-refractivity contribution in [3.8, 4) is 0 Å². The molecule has 1 aromatic carbocycles. The molecule has 0 aliphatic carbocycles. The number of carbonyl (C=O) groups excluding carboxylic acids is 1. The van der Waals surface area contributed by atoms with Crippen LogP contribution in [0.4, 0.5) is 0 Å². The maximum Gasteiger partial charge on any atom is 0.240 e.